The van der Waals surface area contributed by atoms with E-state index in [1.807, 2.05) is 0 Å². The van der Waals surface area contributed by atoms with Crippen LogP contribution in [0.5, 0.6) is 5.75 Å². The zero-order chi connectivity index (χ0) is 12.3. The van der Waals surface area contributed by atoms with E-state index in [4.69, 9.17) is 5.11 Å². The zero-order valence-electron chi connectivity index (χ0n) is 9.42. The molecule has 0 saturated carbocycles. The zero-order valence-corrected chi connectivity index (χ0v) is 9.42. The molecule has 17 heavy (non-hydrogen) atoms. The first kappa shape index (κ1) is 11.2. The van der Waals surface area contributed by atoms with E-state index in [0.717, 1.165) is 5.56 Å². The lowest BCUT2D eigenvalue weighted by atomic mass is 10.1. The van der Waals surface area contributed by atoms with Crippen LogP contribution >= 0.6 is 0 Å². The van der Waals surface area contributed by atoms with Crippen molar-refractivity contribution in [3.63, 3.8) is 0 Å². The van der Waals surface area contributed by atoms with Gasteiger partial charge in [-0.3, -0.25) is 9.48 Å². The number of aryl methyl sites for hydroxylation is 1. The summed E-state index contributed by atoms with van der Waals surface area (Å²) in [5.41, 5.74) is 0.844. The second-order valence-corrected chi connectivity index (χ2v) is 3.77. The fourth-order valence-electron chi connectivity index (χ4n) is 1.47. The van der Waals surface area contributed by atoms with E-state index in [1.54, 1.807) is 48.3 Å². The Labute approximate surface area is 98.7 Å². The van der Waals surface area contributed by atoms with Gasteiger partial charge in [0, 0.05) is 19.3 Å². The van der Waals surface area contributed by atoms with Crippen LogP contribution in [0.1, 0.15) is 5.56 Å². The number of hydrogen-bond acceptors (Lipinski definition) is 3. The largest absolute Gasteiger partial charge is 0.508 e. The number of carbonyl (C=O) groups excluding carboxylic acids is 1. The van der Waals surface area contributed by atoms with Gasteiger partial charge < -0.3 is 10.4 Å². The molecule has 1 aromatic heterocycles. The second-order valence-electron chi connectivity index (χ2n) is 3.77. The lowest BCUT2D eigenvalue weighted by Crippen LogP contribution is -2.14. The molecular formula is C12H13N3O2. The Hall–Kier alpha value is -2.30. The Morgan fingerprint density at radius 2 is 2.06 bits per heavy atom. The van der Waals surface area contributed by atoms with E-state index in [1.165, 1.54) is 0 Å². The number of anilines is 1. The summed E-state index contributed by atoms with van der Waals surface area (Å²) in [6.45, 7) is 0. The smallest absolute Gasteiger partial charge is 0.229 e. The number of nitrogens with one attached hydrogen (secondary N) is 1. The SMILES string of the molecule is Cn1ccc(NC(=O)Cc2ccc(O)cc2)n1. The van der Waals surface area contributed by atoms with Crippen LogP contribution in [0.2, 0.25) is 0 Å². The number of phenols is 1. The molecule has 2 N–H and O–H groups in total. The molecule has 0 atom stereocenters. The fraction of sp³-hybridized carbons (Fsp3) is 0.167. The molecule has 5 heteroatoms. The number of benzene rings is 1. The Morgan fingerprint density at radius 1 is 1.35 bits per heavy atom. The van der Waals surface area contributed by atoms with Crippen molar-refractivity contribution in [1.29, 1.82) is 0 Å². The van der Waals surface area contributed by atoms with Gasteiger partial charge in [-0.25, -0.2) is 0 Å². The van der Waals surface area contributed by atoms with Gasteiger partial charge in [-0.1, -0.05) is 12.1 Å². The number of nitrogens with zero attached hydrogens (tertiary/aromatic N) is 2. The lowest BCUT2D eigenvalue weighted by molar-refractivity contribution is -0.115. The highest BCUT2D eigenvalue weighted by atomic mass is 16.3. The van der Waals surface area contributed by atoms with Gasteiger partial charge in [0.05, 0.1) is 6.42 Å². The van der Waals surface area contributed by atoms with Crippen molar-refractivity contribution in [3.05, 3.63) is 42.1 Å². The third-order valence-electron chi connectivity index (χ3n) is 2.28. The molecule has 0 fully saturated rings. The fourth-order valence-corrected chi connectivity index (χ4v) is 1.47. The van der Waals surface area contributed by atoms with Crippen molar-refractivity contribution < 1.29 is 9.90 Å². The molecule has 0 aliphatic carbocycles. The third-order valence-corrected chi connectivity index (χ3v) is 2.28. The normalized spacial score (nSPS) is 10.2. The number of aromatic nitrogens is 2. The van der Waals surface area contributed by atoms with Crippen LogP contribution in [-0.4, -0.2) is 20.8 Å². The molecule has 0 aliphatic rings. The van der Waals surface area contributed by atoms with Gasteiger partial charge in [-0.05, 0) is 17.7 Å². The van der Waals surface area contributed by atoms with Crippen LogP contribution in [0.25, 0.3) is 0 Å². The molecule has 2 rings (SSSR count). The maximum atomic E-state index is 11.7. The Bertz CT molecular complexity index is 517. The molecule has 1 heterocycles. The summed E-state index contributed by atoms with van der Waals surface area (Å²) >= 11 is 0. The van der Waals surface area contributed by atoms with Gasteiger partial charge in [0.1, 0.15) is 5.75 Å². The highest BCUT2D eigenvalue weighted by Gasteiger charge is 2.05. The molecule has 0 bridgehead atoms. The van der Waals surface area contributed by atoms with E-state index in [9.17, 15) is 4.79 Å². The van der Waals surface area contributed by atoms with E-state index < -0.39 is 0 Å². The van der Waals surface area contributed by atoms with Gasteiger partial charge in [0.2, 0.25) is 5.91 Å². The molecular weight excluding hydrogens is 218 g/mol. The van der Waals surface area contributed by atoms with Gasteiger partial charge in [0.15, 0.2) is 5.82 Å². The minimum atomic E-state index is -0.130. The number of hydrogen-bond donors (Lipinski definition) is 2. The van der Waals surface area contributed by atoms with E-state index in [-0.39, 0.29) is 18.1 Å². The topological polar surface area (TPSA) is 67.2 Å². The highest BCUT2D eigenvalue weighted by molar-refractivity contribution is 5.91. The van der Waals surface area contributed by atoms with Crippen LogP contribution in [0.4, 0.5) is 5.82 Å². The monoisotopic (exact) mass is 231 g/mol. The van der Waals surface area contributed by atoms with Gasteiger partial charge in [0.25, 0.3) is 0 Å². The maximum Gasteiger partial charge on any atom is 0.229 e. The number of aromatic hydroxyl groups is 1. The summed E-state index contributed by atoms with van der Waals surface area (Å²) in [5.74, 6) is 0.601. The first-order chi connectivity index (χ1) is 8.13. The summed E-state index contributed by atoms with van der Waals surface area (Å²) in [6, 6.07) is 8.28. The van der Waals surface area contributed by atoms with E-state index in [2.05, 4.69) is 10.4 Å². The van der Waals surface area contributed by atoms with Crippen molar-refractivity contribution in [3.8, 4) is 5.75 Å². The number of carbonyl (C=O) groups is 1. The summed E-state index contributed by atoms with van der Waals surface area (Å²) in [5, 5.41) is 15.9. The standard InChI is InChI=1S/C12H13N3O2/c1-15-7-6-11(14-15)13-12(17)8-9-2-4-10(16)5-3-9/h2-7,16H,8H2,1H3,(H,13,14,17). The Balaban J connectivity index is 1.95. The highest BCUT2D eigenvalue weighted by Crippen LogP contribution is 2.10. The molecule has 5 nitrogen and oxygen atoms in total. The minimum absolute atomic E-state index is 0.130. The summed E-state index contributed by atoms with van der Waals surface area (Å²) in [6.07, 6.45) is 2.02. The van der Waals surface area contributed by atoms with Crippen LogP contribution in [0.15, 0.2) is 36.5 Å². The predicted molar refractivity (Wildman–Crippen MR) is 63.6 cm³/mol. The van der Waals surface area contributed by atoms with Crippen molar-refractivity contribution >= 4 is 11.7 Å². The number of phenolic OH excluding ortho intramolecular Hbond substituents is 1. The Morgan fingerprint density at radius 3 is 2.65 bits per heavy atom. The average molecular weight is 231 g/mol. The molecule has 0 aliphatic heterocycles. The van der Waals surface area contributed by atoms with Crippen LogP contribution in [0, 0.1) is 0 Å². The molecule has 1 amide bonds. The summed E-state index contributed by atoms with van der Waals surface area (Å²) in [7, 11) is 1.79. The molecule has 2 aromatic rings. The summed E-state index contributed by atoms with van der Waals surface area (Å²) < 4.78 is 1.62. The van der Waals surface area contributed by atoms with E-state index >= 15 is 0 Å². The number of rotatable bonds is 3. The molecule has 0 radical (unpaired) electrons. The van der Waals surface area contributed by atoms with Crippen LogP contribution < -0.4 is 5.32 Å². The van der Waals surface area contributed by atoms with Crippen LogP contribution in [0.3, 0.4) is 0 Å². The second kappa shape index (κ2) is 4.69. The first-order valence-electron chi connectivity index (χ1n) is 5.21. The molecule has 0 saturated heterocycles. The van der Waals surface area contributed by atoms with Gasteiger partial charge in [-0.2, -0.15) is 5.10 Å². The number of amides is 1. The quantitative estimate of drug-likeness (QED) is 0.836. The van der Waals surface area contributed by atoms with Crippen molar-refractivity contribution in [1.82, 2.24) is 9.78 Å². The lowest BCUT2D eigenvalue weighted by Gasteiger charge is -2.02. The van der Waals surface area contributed by atoms with Crippen molar-refractivity contribution in [2.45, 2.75) is 6.42 Å². The first-order valence-corrected chi connectivity index (χ1v) is 5.21. The molecule has 1 aromatic carbocycles. The van der Waals surface area contributed by atoms with Crippen molar-refractivity contribution in [2.75, 3.05) is 5.32 Å². The Kier molecular flexibility index (Phi) is 3.09. The molecule has 0 spiro atoms. The van der Waals surface area contributed by atoms with Gasteiger partial charge in [-0.15, -0.1) is 0 Å². The molecule has 0 unspecified atom stereocenters. The van der Waals surface area contributed by atoms with Crippen LogP contribution in [-0.2, 0) is 18.3 Å². The van der Waals surface area contributed by atoms with E-state index in [0.29, 0.717) is 5.82 Å². The predicted octanol–water partition coefficient (Wildman–Crippen LogP) is 1.31. The summed E-state index contributed by atoms with van der Waals surface area (Å²) in [4.78, 5) is 11.7. The minimum Gasteiger partial charge on any atom is -0.508 e. The third kappa shape index (κ3) is 3.07. The average Bonchev–Trinajstić information content (AvgIpc) is 2.67. The van der Waals surface area contributed by atoms with Gasteiger partial charge >= 0.3 is 0 Å². The van der Waals surface area contributed by atoms with Crippen molar-refractivity contribution in [2.24, 2.45) is 7.05 Å². The molecule has 88 valence electrons. The maximum absolute atomic E-state index is 11.7.